The van der Waals surface area contributed by atoms with Gasteiger partial charge in [0.25, 0.3) is 10.0 Å². The van der Waals surface area contributed by atoms with Crippen molar-refractivity contribution >= 4 is 55.2 Å². The summed E-state index contributed by atoms with van der Waals surface area (Å²) in [7, 11) is -0.0345. The fourth-order valence-electron chi connectivity index (χ4n) is 3.41. The fraction of sp³-hybridized carbons (Fsp3) is 0.273. The van der Waals surface area contributed by atoms with Crippen molar-refractivity contribution in [1.82, 2.24) is 14.2 Å². The summed E-state index contributed by atoms with van der Waals surface area (Å²) in [5, 5.41) is 7.30. The first-order chi connectivity index (χ1) is 15.2. The van der Waals surface area contributed by atoms with E-state index in [2.05, 4.69) is 5.10 Å². The van der Waals surface area contributed by atoms with Crippen LogP contribution in [0.2, 0.25) is 5.02 Å². The van der Waals surface area contributed by atoms with Crippen LogP contribution in [0.5, 0.6) is 0 Å². The van der Waals surface area contributed by atoms with E-state index in [0.717, 1.165) is 21.2 Å². The highest BCUT2D eigenvalue weighted by atomic mass is 35.5. The van der Waals surface area contributed by atoms with Crippen LogP contribution in [-0.2, 0) is 21.4 Å². The smallest absolute Gasteiger partial charge is 0.253 e. The minimum absolute atomic E-state index is 0.162. The van der Waals surface area contributed by atoms with Crippen LogP contribution in [0.25, 0.3) is 10.1 Å². The molecule has 0 N–H and O–H groups in total. The minimum atomic E-state index is -3.74. The number of hydrazone groups is 1. The van der Waals surface area contributed by atoms with Gasteiger partial charge in [0.15, 0.2) is 0 Å². The van der Waals surface area contributed by atoms with Crippen LogP contribution >= 0.6 is 22.9 Å². The van der Waals surface area contributed by atoms with E-state index in [1.54, 1.807) is 40.4 Å². The van der Waals surface area contributed by atoms with Crippen molar-refractivity contribution in [3.05, 3.63) is 64.7 Å². The van der Waals surface area contributed by atoms with Crippen molar-refractivity contribution < 1.29 is 13.2 Å². The van der Waals surface area contributed by atoms with Crippen LogP contribution in [0.1, 0.15) is 11.1 Å². The molecular weight excluding hydrogens is 468 g/mol. The van der Waals surface area contributed by atoms with Crippen molar-refractivity contribution in [3.63, 3.8) is 0 Å². The van der Waals surface area contributed by atoms with E-state index in [4.69, 9.17) is 11.6 Å². The average molecular weight is 491 g/mol. The Labute approximate surface area is 196 Å². The van der Waals surface area contributed by atoms with Crippen LogP contribution < -0.4 is 0 Å². The van der Waals surface area contributed by atoms with Crippen molar-refractivity contribution in [1.29, 1.82) is 0 Å². The Kier molecular flexibility index (Phi) is 6.52. The number of fused-ring (bicyclic) bond motifs is 1. The molecule has 7 nitrogen and oxygen atoms in total. The summed E-state index contributed by atoms with van der Waals surface area (Å²) < 4.78 is 28.5. The van der Waals surface area contributed by atoms with Crippen LogP contribution in [-0.4, -0.2) is 68.5 Å². The molecule has 2 aromatic carbocycles. The summed E-state index contributed by atoms with van der Waals surface area (Å²) >= 11 is 7.19. The summed E-state index contributed by atoms with van der Waals surface area (Å²) in [5.41, 5.74) is 1.95. The molecule has 4 rings (SSSR count). The zero-order valence-corrected chi connectivity index (χ0v) is 20.1. The van der Waals surface area contributed by atoms with Crippen LogP contribution in [0, 0.1) is 0 Å². The second-order valence-corrected chi connectivity index (χ2v) is 11.4. The number of benzene rings is 2. The molecule has 0 bridgehead atoms. The van der Waals surface area contributed by atoms with Crippen molar-refractivity contribution in [2.24, 2.45) is 5.10 Å². The molecule has 0 radical (unpaired) electrons. The van der Waals surface area contributed by atoms with Crippen LogP contribution in [0.3, 0.4) is 0 Å². The van der Waals surface area contributed by atoms with Crippen LogP contribution in [0.4, 0.5) is 0 Å². The van der Waals surface area contributed by atoms with Gasteiger partial charge in [-0.3, -0.25) is 4.79 Å². The van der Waals surface area contributed by atoms with Gasteiger partial charge in [0.2, 0.25) is 5.91 Å². The Morgan fingerprint density at radius 1 is 1.12 bits per heavy atom. The van der Waals surface area contributed by atoms with Crippen LogP contribution in [0.15, 0.2) is 57.8 Å². The quantitative estimate of drug-likeness (QED) is 0.391. The highest BCUT2D eigenvalue weighted by Crippen LogP contribution is 2.33. The average Bonchev–Trinajstić information content (AvgIpc) is 3.18. The molecule has 0 spiro atoms. The van der Waals surface area contributed by atoms with Gasteiger partial charge in [0.1, 0.15) is 4.21 Å². The molecule has 1 aromatic heterocycles. The van der Waals surface area contributed by atoms with E-state index in [1.807, 2.05) is 38.4 Å². The Morgan fingerprint density at radius 3 is 2.56 bits per heavy atom. The molecule has 1 saturated heterocycles. The topological polar surface area (TPSA) is 73.3 Å². The predicted octanol–water partition coefficient (Wildman–Crippen LogP) is 3.48. The number of sulfonamides is 1. The largest absolute Gasteiger partial charge is 0.336 e. The Hall–Kier alpha value is -2.46. The molecule has 0 aliphatic carbocycles. The van der Waals surface area contributed by atoms with E-state index in [-0.39, 0.29) is 23.2 Å². The lowest BCUT2D eigenvalue weighted by atomic mass is 10.1. The van der Waals surface area contributed by atoms with Gasteiger partial charge in [0.05, 0.1) is 12.8 Å². The van der Waals surface area contributed by atoms with Crippen molar-refractivity contribution in [2.75, 3.05) is 33.7 Å². The molecule has 168 valence electrons. The van der Waals surface area contributed by atoms with Gasteiger partial charge < -0.3 is 9.91 Å². The standard InChI is InChI=1S/C22H23ClN4O3S2/c1-25(2)24-13-16-3-5-17(6-4-16)14-26-9-10-27(15-21(26)28)32(29,30)22-11-18-7-8-19(23)12-20(18)31-22/h3-8,11-13H,9-10,14-15H2,1-2H3. The second-order valence-electron chi connectivity index (χ2n) is 7.73. The third-order valence-electron chi connectivity index (χ3n) is 5.13. The molecular formula is C22H23ClN4O3S2. The Bertz CT molecular complexity index is 1270. The number of thiophene rings is 1. The molecule has 32 heavy (non-hydrogen) atoms. The predicted molar refractivity (Wildman–Crippen MR) is 129 cm³/mol. The van der Waals surface area contributed by atoms with Gasteiger partial charge in [-0.15, -0.1) is 11.3 Å². The van der Waals surface area contributed by atoms with E-state index in [0.29, 0.717) is 18.1 Å². The third kappa shape index (κ3) is 4.96. The molecule has 0 unspecified atom stereocenters. The molecule has 10 heteroatoms. The number of nitrogens with zero attached hydrogens (tertiary/aromatic N) is 4. The minimum Gasteiger partial charge on any atom is -0.336 e. The highest BCUT2D eigenvalue weighted by Gasteiger charge is 2.33. The molecule has 1 fully saturated rings. The lowest BCUT2D eigenvalue weighted by molar-refractivity contribution is -0.134. The Morgan fingerprint density at radius 2 is 1.88 bits per heavy atom. The lowest BCUT2D eigenvalue weighted by Gasteiger charge is -2.33. The molecule has 3 aromatic rings. The van der Waals surface area contributed by atoms with E-state index in [9.17, 15) is 13.2 Å². The number of carbonyl (C=O) groups excluding carboxylic acids is 1. The number of hydrogen-bond donors (Lipinski definition) is 0. The number of hydrogen-bond acceptors (Lipinski definition) is 6. The SMILES string of the molecule is CN(C)N=Cc1ccc(CN2CCN(S(=O)(=O)c3cc4ccc(Cl)cc4s3)CC2=O)cc1. The highest BCUT2D eigenvalue weighted by molar-refractivity contribution is 7.91. The zero-order valence-electron chi connectivity index (χ0n) is 17.7. The first-order valence-corrected chi connectivity index (χ1v) is 12.6. The second kappa shape index (κ2) is 9.19. The lowest BCUT2D eigenvalue weighted by Crippen LogP contribution is -2.51. The van der Waals surface area contributed by atoms with Gasteiger partial charge in [-0.1, -0.05) is 41.9 Å². The van der Waals surface area contributed by atoms with E-state index < -0.39 is 10.0 Å². The number of carbonyl (C=O) groups is 1. The van der Waals surface area contributed by atoms with Gasteiger partial charge >= 0.3 is 0 Å². The third-order valence-corrected chi connectivity index (χ3v) is 8.76. The summed E-state index contributed by atoms with van der Waals surface area (Å²) in [6.45, 7) is 0.888. The summed E-state index contributed by atoms with van der Waals surface area (Å²) in [4.78, 5) is 14.4. The molecule has 0 atom stereocenters. The Balaban J connectivity index is 1.42. The monoisotopic (exact) mass is 490 g/mol. The maximum atomic E-state index is 13.1. The number of piperazine rings is 1. The normalized spacial score (nSPS) is 15.7. The maximum Gasteiger partial charge on any atom is 0.253 e. The molecule has 0 saturated carbocycles. The van der Waals surface area contributed by atoms with Gasteiger partial charge in [-0.05, 0) is 34.7 Å². The molecule has 1 amide bonds. The number of amides is 1. The van der Waals surface area contributed by atoms with E-state index >= 15 is 0 Å². The van der Waals surface area contributed by atoms with Crippen molar-refractivity contribution in [3.8, 4) is 0 Å². The number of rotatable bonds is 6. The summed E-state index contributed by atoms with van der Waals surface area (Å²) in [5.74, 6) is -0.206. The first-order valence-electron chi connectivity index (χ1n) is 10.00. The van der Waals surface area contributed by atoms with Gasteiger partial charge in [-0.25, -0.2) is 8.42 Å². The fourth-order valence-corrected chi connectivity index (χ4v) is 6.62. The number of halogens is 1. The summed E-state index contributed by atoms with van der Waals surface area (Å²) in [6, 6.07) is 14.7. The van der Waals surface area contributed by atoms with E-state index in [1.165, 1.54) is 15.6 Å². The molecule has 1 aliphatic rings. The van der Waals surface area contributed by atoms with Gasteiger partial charge in [0, 0.05) is 43.5 Å². The first kappa shape index (κ1) is 22.7. The van der Waals surface area contributed by atoms with Gasteiger partial charge in [-0.2, -0.15) is 9.41 Å². The summed E-state index contributed by atoms with van der Waals surface area (Å²) in [6.07, 6.45) is 1.76. The molecule has 2 heterocycles. The zero-order chi connectivity index (χ0) is 22.9. The molecule has 1 aliphatic heterocycles. The van der Waals surface area contributed by atoms with Crippen molar-refractivity contribution in [2.45, 2.75) is 10.8 Å². The maximum absolute atomic E-state index is 13.1.